The summed E-state index contributed by atoms with van der Waals surface area (Å²) in [5, 5.41) is 0. The summed E-state index contributed by atoms with van der Waals surface area (Å²) in [7, 11) is 0. The molecule has 0 fully saturated rings. The minimum Gasteiger partial charge on any atom is -0.338 e. The van der Waals surface area contributed by atoms with Gasteiger partial charge in [0, 0.05) is 19.0 Å². The molecule has 1 aliphatic rings. The maximum absolute atomic E-state index is 12.1. The van der Waals surface area contributed by atoms with E-state index in [0.29, 0.717) is 5.91 Å². The molecule has 1 aliphatic heterocycles. The third-order valence-electron chi connectivity index (χ3n) is 3.23. The van der Waals surface area contributed by atoms with Crippen molar-refractivity contribution >= 4 is 5.91 Å². The number of hydrogen-bond acceptors (Lipinski definition) is 1. The number of carbonyl (C=O) groups excluding carboxylic acids is 1. The number of nitrogens with zero attached hydrogens (tertiary/aromatic N) is 1. The summed E-state index contributed by atoms with van der Waals surface area (Å²) in [4.78, 5) is 14.1. The van der Waals surface area contributed by atoms with Crippen LogP contribution in [0, 0.1) is 5.92 Å². The van der Waals surface area contributed by atoms with Crippen molar-refractivity contribution in [2.75, 3.05) is 13.1 Å². The summed E-state index contributed by atoms with van der Waals surface area (Å²) in [6.07, 6.45) is 6.35. The van der Waals surface area contributed by atoms with Gasteiger partial charge in [0.05, 0.1) is 0 Å². The zero-order valence-electron chi connectivity index (χ0n) is 10.3. The van der Waals surface area contributed by atoms with Crippen LogP contribution >= 0.6 is 0 Å². The minimum absolute atomic E-state index is 0.252. The molecule has 0 aromatic heterocycles. The molecule has 0 saturated heterocycles. The smallest absolute Gasteiger partial charge is 0.225 e. The lowest BCUT2D eigenvalue weighted by atomic mass is 9.98. The number of rotatable bonds is 4. The number of carbonyl (C=O) groups is 1. The van der Waals surface area contributed by atoms with Crippen LogP contribution in [-0.2, 0) is 4.79 Å². The Kier molecular flexibility index (Phi) is 4.86. The van der Waals surface area contributed by atoms with Crippen LogP contribution in [-0.4, -0.2) is 23.9 Å². The van der Waals surface area contributed by atoms with E-state index in [2.05, 4.69) is 26.8 Å². The maximum atomic E-state index is 12.1. The van der Waals surface area contributed by atoms with Crippen LogP contribution in [0.2, 0.25) is 0 Å². The summed E-state index contributed by atoms with van der Waals surface area (Å²) in [5.74, 6) is 0.616. The largest absolute Gasteiger partial charge is 0.338 e. The Labute approximate surface area is 93.3 Å². The van der Waals surface area contributed by atoms with Gasteiger partial charge in [0.15, 0.2) is 0 Å². The van der Waals surface area contributed by atoms with Crippen molar-refractivity contribution in [3.63, 3.8) is 0 Å². The van der Waals surface area contributed by atoms with Crippen molar-refractivity contribution in [3.8, 4) is 0 Å². The second-order valence-corrected chi connectivity index (χ2v) is 4.48. The Balaban J connectivity index is 2.52. The van der Waals surface area contributed by atoms with Crippen molar-refractivity contribution in [1.82, 2.24) is 4.90 Å². The molecule has 15 heavy (non-hydrogen) atoms. The highest BCUT2D eigenvalue weighted by atomic mass is 16.2. The fourth-order valence-electron chi connectivity index (χ4n) is 2.08. The van der Waals surface area contributed by atoms with Gasteiger partial charge in [0.1, 0.15) is 0 Å². The van der Waals surface area contributed by atoms with E-state index in [1.807, 2.05) is 4.90 Å². The fourth-order valence-corrected chi connectivity index (χ4v) is 2.08. The molecule has 2 nitrogen and oxygen atoms in total. The molecule has 1 heterocycles. The molecule has 0 bridgehead atoms. The standard InChI is InChI=1S/C13H23NO/c1-4-6-12(5-2)13(15)14-9-7-11(3)8-10-14/h7,12H,4-6,8-10H2,1-3H3. The molecular weight excluding hydrogens is 186 g/mol. The predicted octanol–water partition coefficient (Wildman–Crippen LogP) is 2.99. The third kappa shape index (κ3) is 3.37. The first-order valence-corrected chi connectivity index (χ1v) is 6.13. The first-order chi connectivity index (χ1) is 7.19. The molecule has 1 atom stereocenters. The number of amides is 1. The highest BCUT2D eigenvalue weighted by molar-refractivity contribution is 5.79. The minimum atomic E-state index is 0.252. The highest BCUT2D eigenvalue weighted by Crippen LogP contribution is 2.18. The van der Waals surface area contributed by atoms with Crippen molar-refractivity contribution in [3.05, 3.63) is 11.6 Å². The molecule has 1 rings (SSSR count). The second-order valence-electron chi connectivity index (χ2n) is 4.48. The zero-order chi connectivity index (χ0) is 11.3. The first kappa shape index (κ1) is 12.3. The second kappa shape index (κ2) is 5.94. The van der Waals surface area contributed by atoms with Crippen molar-refractivity contribution < 1.29 is 4.79 Å². The Hall–Kier alpha value is -0.790. The summed E-state index contributed by atoms with van der Waals surface area (Å²) in [6.45, 7) is 8.15. The molecule has 0 aromatic carbocycles. The van der Waals surface area contributed by atoms with Crippen molar-refractivity contribution in [2.24, 2.45) is 5.92 Å². The first-order valence-electron chi connectivity index (χ1n) is 6.13. The predicted molar refractivity (Wildman–Crippen MR) is 63.6 cm³/mol. The van der Waals surface area contributed by atoms with E-state index in [9.17, 15) is 4.79 Å². The third-order valence-corrected chi connectivity index (χ3v) is 3.23. The molecule has 0 radical (unpaired) electrons. The van der Waals surface area contributed by atoms with Gasteiger partial charge in [-0.2, -0.15) is 0 Å². The van der Waals surface area contributed by atoms with E-state index in [0.717, 1.165) is 38.8 Å². The molecule has 0 aromatic rings. The van der Waals surface area contributed by atoms with Gasteiger partial charge in [-0.25, -0.2) is 0 Å². The fraction of sp³-hybridized carbons (Fsp3) is 0.769. The summed E-state index contributed by atoms with van der Waals surface area (Å²) >= 11 is 0. The van der Waals surface area contributed by atoms with Gasteiger partial charge < -0.3 is 4.90 Å². The van der Waals surface area contributed by atoms with E-state index >= 15 is 0 Å². The van der Waals surface area contributed by atoms with E-state index < -0.39 is 0 Å². The van der Waals surface area contributed by atoms with E-state index in [-0.39, 0.29) is 5.92 Å². The summed E-state index contributed by atoms with van der Waals surface area (Å²) < 4.78 is 0. The van der Waals surface area contributed by atoms with Gasteiger partial charge in [0.25, 0.3) is 0 Å². The van der Waals surface area contributed by atoms with Crippen LogP contribution < -0.4 is 0 Å². The Bertz CT molecular complexity index is 245. The molecule has 1 unspecified atom stereocenters. The van der Waals surface area contributed by atoms with Gasteiger partial charge in [-0.3, -0.25) is 4.79 Å². The topological polar surface area (TPSA) is 20.3 Å². The van der Waals surface area contributed by atoms with Crippen LogP contribution in [0.1, 0.15) is 46.5 Å². The lowest BCUT2D eigenvalue weighted by Gasteiger charge is -2.29. The molecule has 2 heteroatoms. The molecule has 1 amide bonds. The molecule has 86 valence electrons. The lowest BCUT2D eigenvalue weighted by Crippen LogP contribution is -2.38. The Morgan fingerprint density at radius 3 is 2.73 bits per heavy atom. The lowest BCUT2D eigenvalue weighted by molar-refractivity contribution is -0.135. The molecule has 0 spiro atoms. The van der Waals surface area contributed by atoms with Crippen LogP contribution in [0.25, 0.3) is 0 Å². The van der Waals surface area contributed by atoms with E-state index in [1.165, 1.54) is 5.57 Å². The average Bonchev–Trinajstić information content (AvgIpc) is 2.26. The summed E-state index contributed by atoms with van der Waals surface area (Å²) in [5.41, 5.74) is 1.42. The van der Waals surface area contributed by atoms with Crippen LogP contribution in [0.5, 0.6) is 0 Å². The van der Waals surface area contributed by atoms with Gasteiger partial charge >= 0.3 is 0 Å². The van der Waals surface area contributed by atoms with Gasteiger partial charge in [-0.1, -0.05) is 31.9 Å². The van der Waals surface area contributed by atoms with Gasteiger partial charge in [-0.05, 0) is 26.2 Å². The average molecular weight is 209 g/mol. The van der Waals surface area contributed by atoms with Crippen molar-refractivity contribution in [1.29, 1.82) is 0 Å². The quantitative estimate of drug-likeness (QED) is 0.652. The van der Waals surface area contributed by atoms with Crippen LogP contribution in [0.15, 0.2) is 11.6 Å². The number of hydrogen-bond donors (Lipinski definition) is 0. The molecule has 0 N–H and O–H groups in total. The van der Waals surface area contributed by atoms with Gasteiger partial charge in [0.2, 0.25) is 5.91 Å². The zero-order valence-corrected chi connectivity index (χ0v) is 10.3. The Morgan fingerprint density at radius 1 is 1.53 bits per heavy atom. The summed E-state index contributed by atoms with van der Waals surface area (Å²) in [6, 6.07) is 0. The van der Waals surface area contributed by atoms with E-state index in [1.54, 1.807) is 0 Å². The van der Waals surface area contributed by atoms with Crippen LogP contribution in [0.4, 0.5) is 0 Å². The maximum Gasteiger partial charge on any atom is 0.225 e. The Morgan fingerprint density at radius 2 is 2.27 bits per heavy atom. The SMILES string of the molecule is CCCC(CC)C(=O)N1CC=C(C)CC1. The van der Waals surface area contributed by atoms with E-state index in [4.69, 9.17) is 0 Å². The van der Waals surface area contributed by atoms with Crippen molar-refractivity contribution in [2.45, 2.75) is 46.5 Å². The highest BCUT2D eigenvalue weighted by Gasteiger charge is 2.22. The van der Waals surface area contributed by atoms with Gasteiger partial charge in [-0.15, -0.1) is 0 Å². The molecule has 0 saturated carbocycles. The normalized spacial score (nSPS) is 18.6. The molecule has 0 aliphatic carbocycles. The van der Waals surface area contributed by atoms with Crippen LogP contribution in [0.3, 0.4) is 0 Å². The monoisotopic (exact) mass is 209 g/mol. The molecular formula is C13H23NO.